The summed E-state index contributed by atoms with van der Waals surface area (Å²) in [6.45, 7) is 1.37. The second-order valence-corrected chi connectivity index (χ2v) is 5.13. The number of nitrogens with one attached hydrogen (secondary N) is 1. The van der Waals surface area contributed by atoms with Crippen molar-refractivity contribution >= 4 is 11.6 Å². The molecule has 2 aromatic heterocycles. The highest BCUT2D eigenvalue weighted by Gasteiger charge is 2.05. The number of rotatable bonds is 6. The fraction of sp³-hybridized carbons (Fsp3) is 0.176. The van der Waals surface area contributed by atoms with Crippen LogP contribution >= 0.6 is 0 Å². The molecule has 0 saturated carbocycles. The molecular formula is C17H18N4O. The molecule has 0 spiro atoms. The average Bonchev–Trinajstić information content (AvgIpc) is 3.18. The molecule has 1 aromatic carbocycles. The lowest BCUT2D eigenvalue weighted by atomic mass is 10.2. The molecule has 112 valence electrons. The van der Waals surface area contributed by atoms with Crippen LogP contribution in [0.2, 0.25) is 0 Å². The van der Waals surface area contributed by atoms with Crippen molar-refractivity contribution in [2.45, 2.75) is 19.5 Å². The lowest BCUT2D eigenvalue weighted by Gasteiger charge is -2.04. The number of aryl methyl sites for hydroxylation is 1. The molecule has 0 unspecified atom stereocenters. The van der Waals surface area contributed by atoms with E-state index in [2.05, 4.69) is 22.5 Å². The van der Waals surface area contributed by atoms with Gasteiger partial charge in [0.15, 0.2) is 0 Å². The summed E-state index contributed by atoms with van der Waals surface area (Å²) in [4.78, 5) is 11.9. The van der Waals surface area contributed by atoms with Crippen LogP contribution in [0.25, 0.3) is 0 Å². The highest BCUT2D eigenvalue weighted by atomic mass is 16.1. The van der Waals surface area contributed by atoms with E-state index in [0.717, 1.165) is 5.69 Å². The number of carbonyl (C=O) groups excluding carboxylic acids is 1. The second-order valence-electron chi connectivity index (χ2n) is 5.13. The van der Waals surface area contributed by atoms with Crippen LogP contribution in [-0.4, -0.2) is 20.3 Å². The van der Waals surface area contributed by atoms with Crippen molar-refractivity contribution in [3.8, 4) is 0 Å². The fourth-order valence-electron chi connectivity index (χ4n) is 2.26. The molecule has 0 fully saturated rings. The van der Waals surface area contributed by atoms with Gasteiger partial charge < -0.3 is 9.88 Å². The van der Waals surface area contributed by atoms with Gasteiger partial charge in [0.25, 0.3) is 0 Å². The molecule has 0 saturated heterocycles. The first-order chi connectivity index (χ1) is 10.8. The Hall–Kier alpha value is -2.82. The molecule has 5 heteroatoms. The molecule has 22 heavy (non-hydrogen) atoms. The Morgan fingerprint density at radius 2 is 1.86 bits per heavy atom. The zero-order valence-electron chi connectivity index (χ0n) is 12.2. The quantitative estimate of drug-likeness (QED) is 0.760. The van der Waals surface area contributed by atoms with Crippen LogP contribution in [0.15, 0.2) is 67.3 Å². The Labute approximate surface area is 129 Å². The third-order valence-electron chi connectivity index (χ3n) is 3.37. The van der Waals surface area contributed by atoms with Crippen LogP contribution in [0.1, 0.15) is 12.0 Å². The largest absolute Gasteiger partial charge is 0.354 e. The van der Waals surface area contributed by atoms with Gasteiger partial charge in [0, 0.05) is 31.6 Å². The smallest absolute Gasteiger partial charge is 0.226 e. The minimum absolute atomic E-state index is 0.00652. The molecule has 0 aliphatic heterocycles. The number of anilines is 1. The van der Waals surface area contributed by atoms with Crippen molar-refractivity contribution in [1.82, 2.24) is 14.3 Å². The first-order valence-corrected chi connectivity index (χ1v) is 7.26. The molecule has 1 amide bonds. The monoisotopic (exact) mass is 294 g/mol. The van der Waals surface area contributed by atoms with E-state index in [9.17, 15) is 4.79 Å². The van der Waals surface area contributed by atoms with Crippen LogP contribution in [0.3, 0.4) is 0 Å². The summed E-state index contributed by atoms with van der Waals surface area (Å²) in [6.07, 6.45) is 7.87. The maximum Gasteiger partial charge on any atom is 0.226 e. The molecule has 1 N–H and O–H groups in total. The highest BCUT2D eigenvalue weighted by Crippen LogP contribution is 2.08. The molecular weight excluding hydrogens is 276 g/mol. The van der Waals surface area contributed by atoms with Crippen molar-refractivity contribution in [1.29, 1.82) is 0 Å². The van der Waals surface area contributed by atoms with E-state index in [1.165, 1.54) is 5.56 Å². The molecule has 0 atom stereocenters. The van der Waals surface area contributed by atoms with Crippen molar-refractivity contribution < 1.29 is 4.79 Å². The molecule has 3 rings (SSSR count). The number of amides is 1. The molecule has 0 aliphatic rings. The van der Waals surface area contributed by atoms with Gasteiger partial charge in [-0.1, -0.05) is 30.3 Å². The third kappa shape index (κ3) is 3.85. The summed E-state index contributed by atoms with van der Waals surface area (Å²) in [7, 11) is 0. The zero-order valence-corrected chi connectivity index (χ0v) is 12.2. The number of aromatic nitrogens is 3. The Morgan fingerprint density at radius 3 is 2.64 bits per heavy atom. The maximum atomic E-state index is 11.9. The molecule has 0 aliphatic carbocycles. The molecule has 0 radical (unpaired) electrons. The molecule has 5 nitrogen and oxygen atoms in total. The average molecular weight is 294 g/mol. The fourth-order valence-corrected chi connectivity index (χ4v) is 2.26. The standard InChI is InChI=1S/C17H18N4O/c22-17(8-11-20-9-4-5-10-20)19-16-12-18-21(14-16)13-15-6-2-1-3-7-15/h1-7,9-10,12,14H,8,11,13H2,(H,19,22). The minimum Gasteiger partial charge on any atom is -0.354 e. The third-order valence-corrected chi connectivity index (χ3v) is 3.37. The van der Waals surface area contributed by atoms with Crippen molar-refractivity contribution in [3.05, 3.63) is 72.8 Å². The van der Waals surface area contributed by atoms with Gasteiger partial charge in [0.1, 0.15) is 0 Å². The van der Waals surface area contributed by atoms with Crippen LogP contribution in [0.5, 0.6) is 0 Å². The minimum atomic E-state index is -0.00652. The Balaban J connectivity index is 1.51. The van der Waals surface area contributed by atoms with Gasteiger partial charge in [-0.25, -0.2) is 0 Å². The van der Waals surface area contributed by atoms with Crippen LogP contribution in [0.4, 0.5) is 5.69 Å². The van der Waals surface area contributed by atoms with E-state index in [4.69, 9.17) is 0 Å². The Kier molecular flexibility index (Phi) is 4.34. The van der Waals surface area contributed by atoms with Gasteiger partial charge in [0.2, 0.25) is 5.91 Å². The van der Waals surface area contributed by atoms with Gasteiger partial charge in [0.05, 0.1) is 18.4 Å². The number of hydrogen-bond donors (Lipinski definition) is 1. The highest BCUT2D eigenvalue weighted by molar-refractivity contribution is 5.90. The first kappa shape index (κ1) is 14.1. The van der Waals surface area contributed by atoms with Crippen LogP contribution in [-0.2, 0) is 17.9 Å². The number of nitrogens with zero attached hydrogens (tertiary/aromatic N) is 3. The predicted octanol–water partition coefficient (Wildman–Crippen LogP) is 2.76. The van der Waals surface area contributed by atoms with Crippen molar-refractivity contribution in [2.75, 3.05) is 5.32 Å². The van der Waals surface area contributed by atoms with Crippen LogP contribution < -0.4 is 5.32 Å². The first-order valence-electron chi connectivity index (χ1n) is 7.26. The van der Waals surface area contributed by atoms with Gasteiger partial charge in [-0.3, -0.25) is 9.48 Å². The van der Waals surface area contributed by atoms with Crippen molar-refractivity contribution in [3.63, 3.8) is 0 Å². The maximum absolute atomic E-state index is 11.9. The van der Waals surface area contributed by atoms with E-state index in [1.807, 2.05) is 58.2 Å². The zero-order chi connectivity index (χ0) is 15.2. The van der Waals surface area contributed by atoms with Gasteiger partial charge in [-0.2, -0.15) is 5.10 Å². The lowest BCUT2D eigenvalue weighted by Crippen LogP contribution is -2.13. The van der Waals surface area contributed by atoms with E-state index < -0.39 is 0 Å². The number of hydrogen-bond acceptors (Lipinski definition) is 2. The van der Waals surface area contributed by atoms with Gasteiger partial charge >= 0.3 is 0 Å². The normalized spacial score (nSPS) is 10.5. The van der Waals surface area contributed by atoms with E-state index in [-0.39, 0.29) is 5.91 Å². The van der Waals surface area contributed by atoms with E-state index >= 15 is 0 Å². The van der Waals surface area contributed by atoms with Crippen LogP contribution in [0, 0.1) is 0 Å². The Morgan fingerprint density at radius 1 is 1.09 bits per heavy atom. The van der Waals surface area contributed by atoms with Gasteiger partial charge in [-0.15, -0.1) is 0 Å². The lowest BCUT2D eigenvalue weighted by molar-refractivity contribution is -0.116. The summed E-state index contributed by atoms with van der Waals surface area (Å²) < 4.78 is 3.80. The Bertz CT molecular complexity index is 716. The van der Waals surface area contributed by atoms with Gasteiger partial charge in [-0.05, 0) is 17.7 Å². The number of carbonyl (C=O) groups is 1. The summed E-state index contributed by atoms with van der Waals surface area (Å²) >= 11 is 0. The summed E-state index contributed by atoms with van der Waals surface area (Å²) in [5.41, 5.74) is 1.91. The molecule has 2 heterocycles. The molecule has 0 bridgehead atoms. The second kappa shape index (κ2) is 6.76. The summed E-state index contributed by atoms with van der Waals surface area (Å²) in [6, 6.07) is 14.0. The van der Waals surface area contributed by atoms with E-state index in [0.29, 0.717) is 19.5 Å². The van der Waals surface area contributed by atoms with Crippen molar-refractivity contribution in [2.24, 2.45) is 0 Å². The molecule has 3 aromatic rings. The summed E-state index contributed by atoms with van der Waals surface area (Å²) in [5.74, 6) is -0.00652. The summed E-state index contributed by atoms with van der Waals surface area (Å²) in [5, 5.41) is 7.15. The predicted molar refractivity (Wildman–Crippen MR) is 85.4 cm³/mol. The topological polar surface area (TPSA) is 51.9 Å². The number of benzene rings is 1. The SMILES string of the molecule is O=C(CCn1cccc1)Nc1cnn(Cc2ccccc2)c1. The van der Waals surface area contributed by atoms with E-state index in [1.54, 1.807) is 6.20 Å².